The van der Waals surface area contributed by atoms with Gasteiger partial charge in [-0.2, -0.15) is 0 Å². The van der Waals surface area contributed by atoms with Crippen LogP contribution in [-0.4, -0.2) is 40.1 Å². The second-order valence-corrected chi connectivity index (χ2v) is 7.48. The summed E-state index contributed by atoms with van der Waals surface area (Å²) in [6, 6.07) is 7.98. The van der Waals surface area contributed by atoms with Gasteiger partial charge in [-0.15, -0.1) is 16.7 Å². The number of alkyl halides is 1. The molecule has 2 aliphatic rings. The Morgan fingerprint density at radius 2 is 2.12 bits per heavy atom. The first-order chi connectivity index (χ1) is 11.8. The fraction of sp³-hybridized carbons (Fsp3) is 0.556. The molecule has 1 aliphatic heterocycles. The van der Waals surface area contributed by atoms with Crippen molar-refractivity contribution in [2.45, 2.75) is 31.1 Å². The van der Waals surface area contributed by atoms with E-state index in [0.29, 0.717) is 11.3 Å². The lowest BCUT2D eigenvalue weighted by atomic mass is 9.80. The average Bonchev–Trinajstić information content (AvgIpc) is 3.18. The van der Waals surface area contributed by atoms with Crippen LogP contribution in [0.3, 0.4) is 0 Å². The van der Waals surface area contributed by atoms with E-state index in [-0.39, 0.29) is 5.38 Å². The standard InChI is InChI=1S/C18H23ClN4O/c19-17-13-20-9-5-16(17)18(6-7-18)8-12-24-15-3-1-14(2-4-15)23-11-10-21-22-23/h1-4,10-11,16-17,20H,5-9,12-13H2. The van der Waals surface area contributed by atoms with Gasteiger partial charge in [0.25, 0.3) is 0 Å². The van der Waals surface area contributed by atoms with Gasteiger partial charge in [-0.1, -0.05) is 5.21 Å². The Bertz CT molecular complexity index is 654. The van der Waals surface area contributed by atoms with E-state index in [1.54, 1.807) is 10.9 Å². The molecule has 1 aromatic heterocycles. The number of nitrogens with zero attached hydrogens (tertiary/aromatic N) is 3. The van der Waals surface area contributed by atoms with Crippen molar-refractivity contribution in [1.82, 2.24) is 20.3 Å². The predicted octanol–water partition coefficient (Wildman–Crippen LogP) is 3.03. The lowest BCUT2D eigenvalue weighted by Gasteiger charge is -2.34. The zero-order valence-electron chi connectivity index (χ0n) is 13.7. The molecule has 0 spiro atoms. The molecule has 2 atom stereocenters. The molecule has 1 saturated heterocycles. The molecule has 0 radical (unpaired) electrons. The molecule has 1 N–H and O–H groups in total. The van der Waals surface area contributed by atoms with Crippen molar-refractivity contribution in [2.75, 3.05) is 19.7 Å². The third-order valence-electron chi connectivity index (χ3n) is 5.48. The van der Waals surface area contributed by atoms with E-state index in [0.717, 1.165) is 37.6 Å². The number of hydrogen-bond donors (Lipinski definition) is 1. The molecule has 4 rings (SSSR count). The van der Waals surface area contributed by atoms with Crippen LogP contribution >= 0.6 is 11.6 Å². The van der Waals surface area contributed by atoms with Gasteiger partial charge in [-0.3, -0.25) is 0 Å². The maximum absolute atomic E-state index is 6.55. The maximum atomic E-state index is 6.55. The van der Waals surface area contributed by atoms with E-state index < -0.39 is 0 Å². The Hall–Kier alpha value is -1.59. The molecule has 6 heteroatoms. The zero-order valence-corrected chi connectivity index (χ0v) is 14.5. The lowest BCUT2D eigenvalue weighted by Crippen LogP contribution is -2.41. The number of benzene rings is 1. The Kier molecular flexibility index (Phi) is 4.46. The fourth-order valence-electron chi connectivity index (χ4n) is 3.89. The first-order valence-electron chi connectivity index (χ1n) is 8.71. The van der Waals surface area contributed by atoms with Crippen LogP contribution in [0.5, 0.6) is 5.75 Å². The van der Waals surface area contributed by atoms with Gasteiger partial charge in [0.15, 0.2) is 0 Å². The second kappa shape index (κ2) is 6.73. The van der Waals surface area contributed by atoms with E-state index in [1.165, 1.54) is 19.3 Å². The molecule has 24 heavy (non-hydrogen) atoms. The molecule has 2 heterocycles. The van der Waals surface area contributed by atoms with Crippen LogP contribution < -0.4 is 10.1 Å². The highest BCUT2D eigenvalue weighted by Crippen LogP contribution is 2.58. The van der Waals surface area contributed by atoms with Gasteiger partial charge < -0.3 is 10.1 Å². The van der Waals surface area contributed by atoms with Crippen LogP contribution in [0, 0.1) is 11.3 Å². The Balaban J connectivity index is 1.31. The number of piperidine rings is 1. The van der Waals surface area contributed by atoms with Gasteiger partial charge in [-0.05, 0) is 67.8 Å². The van der Waals surface area contributed by atoms with Crippen LogP contribution in [0.2, 0.25) is 0 Å². The fourth-order valence-corrected chi connectivity index (χ4v) is 4.39. The monoisotopic (exact) mass is 346 g/mol. The Morgan fingerprint density at radius 3 is 2.79 bits per heavy atom. The first kappa shape index (κ1) is 15.9. The van der Waals surface area contributed by atoms with E-state index >= 15 is 0 Å². The van der Waals surface area contributed by atoms with Crippen LogP contribution in [0.15, 0.2) is 36.7 Å². The van der Waals surface area contributed by atoms with Gasteiger partial charge in [0.05, 0.1) is 24.7 Å². The molecule has 2 aromatic rings. The average molecular weight is 347 g/mol. The molecule has 1 aliphatic carbocycles. The van der Waals surface area contributed by atoms with Gasteiger partial charge in [0, 0.05) is 11.9 Å². The molecule has 1 aromatic carbocycles. The molecule has 2 fully saturated rings. The van der Waals surface area contributed by atoms with Crippen molar-refractivity contribution in [3.8, 4) is 11.4 Å². The van der Waals surface area contributed by atoms with Gasteiger partial charge in [0.2, 0.25) is 0 Å². The SMILES string of the molecule is ClC1CNCCC1C1(CCOc2ccc(-n3ccnn3)cc2)CC1. The minimum atomic E-state index is 0.267. The lowest BCUT2D eigenvalue weighted by molar-refractivity contribution is 0.188. The maximum Gasteiger partial charge on any atom is 0.119 e. The van der Waals surface area contributed by atoms with Gasteiger partial charge >= 0.3 is 0 Å². The number of aromatic nitrogens is 3. The summed E-state index contributed by atoms with van der Waals surface area (Å²) in [7, 11) is 0. The molecule has 0 bridgehead atoms. The first-order valence-corrected chi connectivity index (χ1v) is 9.15. The summed E-state index contributed by atoms with van der Waals surface area (Å²) >= 11 is 6.55. The molecule has 0 amide bonds. The van der Waals surface area contributed by atoms with E-state index in [1.807, 2.05) is 30.5 Å². The summed E-state index contributed by atoms with van der Waals surface area (Å²) in [6.45, 7) is 2.80. The zero-order chi connectivity index (χ0) is 16.4. The minimum Gasteiger partial charge on any atom is -0.494 e. The summed E-state index contributed by atoms with van der Waals surface area (Å²) < 4.78 is 7.71. The van der Waals surface area contributed by atoms with Crippen molar-refractivity contribution in [3.63, 3.8) is 0 Å². The second-order valence-electron chi connectivity index (χ2n) is 6.92. The van der Waals surface area contributed by atoms with Crippen LogP contribution in [-0.2, 0) is 0 Å². The topological polar surface area (TPSA) is 52.0 Å². The van der Waals surface area contributed by atoms with Crippen LogP contribution in [0.4, 0.5) is 0 Å². The van der Waals surface area contributed by atoms with Crippen molar-refractivity contribution >= 4 is 11.6 Å². The molecule has 2 unspecified atom stereocenters. The summed E-state index contributed by atoms with van der Waals surface area (Å²) in [5.41, 5.74) is 1.41. The number of rotatable bonds is 6. The van der Waals surface area contributed by atoms with Gasteiger partial charge in [0.1, 0.15) is 5.75 Å². The van der Waals surface area contributed by atoms with Crippen molar-refractivity contribution < 1.29 is 4.74 Å². The molecule has 5 nitrogen and oxygen atoms in total. The quantitative estimate of drug-likeness (QED) is 0.817. The number of halogens is 1. The summed E-state index contributed by atoms with van der Waals surface area (Å²) in [4.78, 5) is 0. The smallest absolute Gasteiger partial charge is 0.119 e. The number of ether oxygens (including phenoxy) is 1. The summed E-state index contributed by atoms with van der Waals surface area (Å²) in [5.74, 6) is 1.54. The molecular weight excluding hydrogens is 324 g/mol. The van der Waals surface area contributed by atoms with Gasteiger partial charge in [-0.25, -0.2) is 4.68 Å². The predicted molar refractivity (Wildman–Crippen MR) is 93.8 cm³/mol. The largest absolute Gasteiger partial charge is 0.494 e. The third-order valence-corrected chi connectivity index (χ3v) is 5.94. The molecular formula is C18H23ClN4O. The number of hydrogen-bond acceptors (Lipinski definition) is 4. The van der Waals surface area contributed by atoms with Crippen LogP contribution in [0.25, 0.3) is 5.69 Å². The van der Waals surface area contributed by atoms with Crippen molar-refractivity contribution in [1.29, 1.82) is 0 Å². The van der Waals surface area contributed by atoms with E-state index in [9.17, 15) is 0 Å². The minimum absolute atomic E-state index is 0.267. The molecule has 128 valence electrons. The summed E-state index contributed by atoms with van der Waals surface area (Å²) in [5, 5.41) is 11.5. The summed E-state index contributed by atoms with van der Waals surface area (Å²) in [6.07, 6.45) is 8.40. The third kappa shape index (κ3) is 3.28. The number of nitrogens with one attached hydrogen (secondary N) is 1. The van der Waals surface area contributed by atoms with Crippen molar-refractivity contribution in [2.24, 2.45) is 11.3 Å². The highest BCUT2D eigenvalue weighted by atomic mass is 35.5. The highest BCUT2D eigenvalue weighted by molar-refractivity contribution is 6.21. The molecule has 1 saturated carbocycles. The Labute approximate surface area is 147 Å². The normalized spacial score (nSPS) is 25.4. The highest BCUT2D eigenvalue weighted by Gasteiger charge is 2.51. The Morgan fingerprint density at radius 1 is 1.29 bits per heavy atom. The van der Waals surface area contributed by atoms with Crippen molar-refractivity contribution in [3.05, 3.63) is 36.7 Å². The van der Waals surface area contributed by atoms with E-state index in [4.69, 9.17) is 16.3 Å². The van der Waals surface area contributed by atoms with E-state index in [2.05, 4.69) is 15.6 Å². The van der Waals surface area contributed by atoms with Crippen LogP contribution in [0.1, 0.15) is 25.7 Å².